The highest BCUT2D eigenvalue weighted by atomic mass is 79.9. The van der Waals surface area contributed by atoms with E-state index in [4.69, 9.17) is 5.73 Å². The Balaban J connectivity index is 2.21. The molecule has 0 aliphatic heterocycles. The maximum absolute atomic E-state index is 12.1. The van der Waals surface area contributed by atoms with Crippen LogP contribution in [0.15, 0.2) is 45.3 Å². The maximum Gasteiger partial charge on any atom is 0.283 e. The molecule has 21 heavy (non-hydrogen) atoms. The normalized spacial score (nSPS) is 10.2. The minimum Gasteiger partial charge on any atom is -0.398 e. The van der Waals surface area contributed by atoms with Crippen LogP contribution in [-0.2, 0) is 0 Å². The molecule has 108 valence electrons. The number of nitrogen functional groups attached to an aromatic ring is 1. The van der Waals surface area contributed by atoms with Crippen molar-refractivity contribution in [1.82, 2.24) is 0 Å². The first-order valence-electron chi connectivity index (χ1n) is 5.69. The van der Waals surface area contributed by atoms with Crippen molar-refractivity contribution in [3.05, 3.63) is 61.0 Å². The quantitative estimate of drug-likeness (QED) is 0.451. The molecule has 3 N–H and O–H groups in total. The standard InChI is InChI=1S/C13H9Br2N3O3/c14-9-3-1-7(5-11(9)16)13(19)17-8-2-4-12(18(20)21)10(15)6-8/h1-6H,16H2,(H,17,19). The highest BCUT2D eigenvalue weighted by Crippen LogP contribution is 2.28. The number of nitrogens with two attached hydrogens (primary N) is 1. The zero-order valence-corrected chi connectivity index (χ0v) is 13.6. The Morgan fingerprint density at radius 2 is 1.86 bits per heavy atom. The van der Waals surface area contributed by atoms with E-state index in [-0.39, 0.29) is 11.6 Å². The van der Waals surface area contributed by atoms with Crippen LogP contribution in [0.4, 0.5) is 17.1 Å². The van der Waals surface area contributed by atoms with Crippen LogP contribution in [-0.4, -0.2) is 10.8 Å². The number of benzene rings is 2. The highest BCUT2D eigenvalue weighted by Gasteiger charge is 2.13. The Labute approximate surface area is 136 Å². The van der Waals surface area contributed by atoms with Crippen molar-refractivity contribution >= 4 is 54.8 Å². The van der Waals surface area contributed by atoms with E-state index in [1.165, 1.54) is 18.2 Å². The zero-order valence-electron chi connectivity index (χ0n) is 10.5. The molecular weight excluding hydrogens is 406 g/mol. The third-order valence-corrected chi connectivity index (χ3v) is 4.02. The van der Waals surface area contributed by atoms with Crippen molar-refractivity contribution < 1.29 is 9.72 Å². The van der Waals surface area contributed by atoms with E-state index >= 15 is 0 Å². The molecule has 0 radical (unpaired) electrons. The van der Waals surface area contributed by atoms with E-state index in [9.17, 15) is 14.9 Å². The Morgan fingerprint density at radius 3 is 2.43 bits per heavy atom. The molecule has 0 heterocycles. The smallest absolute Gasteiger partial charge is 0.283 e. The Morgan fingerprint density at radius 1 is 1.14 bits per heavy atom. The number of nitrogens with zero attached hydrogens (tertiary/aromatic N) is 1. The summed E-state index contributed by atoms with van der Waals surface area (Å²) in [5.74, 6) is -0.352. The van der Waals surface area contributed by atoms with Gasteiger partial charge in [-0.3, -0.25) is 14.9 Å². The average Bonchev–Trinajstić information content (AvgIpc) is 2.41. The predicted molar refractivity (Wildman–Crippen MR) is 87.3 cm³/mol. The molecular formula is C13H9Br2N3O3. The second-order valence-electron chi connectivity index (χ2n) is 4.11. The fraction of sp³-hybridized carbons (Fsp3) is 0. The number of anilines is 2. The number of halogens is 2. The van der Waals surface area contributed by atoms with Crippen molar-refractivity contribution in [2.75, 3.05) is 11.1 Å². The molecule has 0 aromatic heterocycles. The molecule has 0 unspecified atom stereocenters. The minimum atomic E-state index is -0.509. The van der Waals surface area contributed by atoms with Gasteiger partial charge in [0.2, 0.25) is 0 Å². The van der Waals surface area contributed by atoms with Gasteiger partial charge in [-0.2, -0.15) is 0 Å². The van der Waals surface area contributed by atoms with Gasteiger partial charge in [0.1, 0.15) is 0 Å². The van der Waals surface area contributed by atoms with Gasteiger partial charge in [0.15, 0.2) is 0 Å². The van der Waals surface area contributed by atoms with Gasteiger partial charge in [0, 0.05) is 27.5 Å². The number of carbonyl (C=O) groups is 1. The van der Waals surface area contributed by atoms with Gasteiger partial charge in [-0.25, -0.2) is 0 Å². The van der Waals surface area contributed by atoms with E-state index in [2.05, 4.69) is 37.2 Å². The summed E-state index contributed by atoms with van der Waals surface area (Å²) in [5.41, 5.74) is 6.94. The number of nitrogens with one attached hydrogen (secondary N) is 1. The van der Waals surface area contributed by atoms with Gasteiger partial charge in [-0.05, 0) is 62.2 Å². The van der Waals surface area contributed by atoms with Crippen LogP contribution in [0.5, 0.6) is 0 Å². The average molecular weight is 415 g/mol. The van der Waals surface area contributed by atoms with Crippen LogP contribution >= 0.6 is 31.9 Å². The van der Waals surface area contributed by atoms with Gasteiger partial charge in [-0.15, -0.1) is 0 Å². The molecule has 0 saturated heterocycles. The third kappa shape index (κ3) is 3.59. The lowest BCUT2D eigenvalue weighted by atomic mass is 10.2. The number of hydrogen-bond acceptors (Lipinski definition) is 4. The van der Waals surface area contributed by atoms with Crippen LogP contribution in [0.3, 0.4) is 0 Å². The number of rotatable bonds is 3. The SMILES string of the molecule is Nc1cc(C(=O)Nc2ccc([N+](=O)[O-])c(Br)c2)ccc1Br. The van der Waals surface area contributed by atoms with Gasteiger partial charge >= 0.3 is 0 Å². The van der Waals surface area contributed by atoms with Crippen LogP contribution in [0, 0.1) is 10.1 Å². The van der Waals surface area contributed by atoms with E-state index < -0.39 is 4.92 Å². The summed E-state index contributed by atoms with van der Waals surface area (Å²) in [5, 5.41) is 13.4. The first-order valence-corrected chi connectivity index (χ1v) is 7.27. The summed E-state index contributed by atoms with van der Waals surface area (Å²) in [4.78, 5) is 22.3. The number of hydrogen-bond donors (Lipinski definition) is 2. The largest absolute Gasteiger partial charge is 0.398 e. The molecule has 0 spiro atoms. The summed E-state index contributed by atoms with van der Waals surface area (Å²) in [7, 11) is 0. The van der Waals surface area contributed by atoms with Crippen LogP contribution < -0.4 is 11.1 Å². The lowest BCUT2D eigenvalue weighted by Crippen LogP contribution is -2.12. The molecule has 0 aliphatic carbocycles. The lowest BCUT2D eigenvalue weighted by molar-refractivity contribution is -0.385. The van der Waals surface area contributed by atoms with Crippen LogP contribution in [0.1, 0.15) is 10.4 Å². The molecule has 8 heteroatoms. The first kappa shape index (κ1) is 15.5. The summed E-state index contributed by atoms with van der Waals surface area (Å²) in [6, 6.07) is 9.09. The topological polar surface area (TPSA) is 98.3 Å². The minimum absolute atomic E-state index is 0.0686. The van der Waals surface area contributed by atoms with Crippen molar-refractivity contribution in [2.45, 2.75) is 0 Å². The Kier molecular flexibility index (Phi) is 4.59. The molecule has 0 saturated carbocycles. The van der Waals surface area contributed by atoms with Crippen molar-refractivity contribution in [1.29, 1.82) is 0 Å². The lowest BCUT2D eigenvalue weighted by Gasteiger charge is -2.07. The molecule has 0 fully saturated rings. The first-order chi connectivity index (χ1) is 9.88. The Bertz CT molecular complexity index is 735. The van der Waals surface area contributed by atoms with E-state index in [1.807, 2.05) is 0 Å². The molecule has 0 bridgehead atoms. The van der Waals surface area contributed by atoms with Gasteiger partial charge < -0.3 is 11.1 Å². The number of carbonyl (C=O) groups excluding carboxylic acids is 1. The van der Waals surface area contributed by atoms with E-state index in [0.717, 1.165) is 0 Å². The molecule has 0 atom stereocenters. The zero-order chi connectivity index (χ0) is 15.6. The molecule has 1 amide bonds. The summed E-state index contributed by atoms with van der Waals surface area (Å²) < 4.78 is 0.998. The van der Waals surface area contributed by atoms with Crippen molar-refractivity contribution in [3.8, 4) is 0 Å². The predicted octanol–water partition coefficient (Wildman–Crippen LogP) is 3.95. The Hall–Kier alpha value is -1.93. The fourth-order valence-electron chi connectivity index (χ4n) is 1.62. The van der Waals surface area contributed by atoms with Crippen molar-refractivity contribution in [2.24, 2.45) is 0 Å². The summed E-state index contributed by atoms with van der Waals surface area (Å²) in [6.45, 7) is 0. The molecule has 2 aromatic rings. The second-order valence-corrected chi connectivity index (χ2v) is 5.82. The second kappa shape index (κ2) is 6.23. The summed E-state index contributed by atoms with van der Waals surface area (Å²) >= 11 is 6.35. The van der Waals surface area contributed by atoms with Crippen molar-refractivity contribution in [3.63, 3.8) is 0 Å². The number of nitro benzene ring substituents is 1. The third-order valence-electron chi connectivity index (χ3n) is 2.66. The monoisotopic (exact) mass is 413 g/mol. The van der Waals surface area contributed by atoms with E-state index in [0.29, 0.717) is 25.9 Å². The number of amides is 1. The number of nitro groups is 1. The van der Waals surface area contributed by atoms with Gasteiger partial charge in [0.05, 0.1) is 9.40 Å². The maximum atomic E-state index is 12.1. The van der Waals surface area contributed by atoms with Crippen LogP contribution in [0.2, 0.25) is 0 Å². The molecule has 0 aliphatic rings. The highest BCUT2D eigenvalue weighted by molar-refractivity contribution is 9.11. The van der Waals surface area contributed by atoms with Gasteiger partial charge in [0.25, 0.3) is 11.6 Å². The van der Waals surface area contributed by atoms with Crippen LogP contribution in [0.25, 0.3) is 0 Å². The summed E-state index contributed by atoms with van der Waals surface area (Å²) in [6.07, 6.45) is 0. The molecule has 6 nitrogen and oxygen atoms in total. The fourth-order valence-corrected chi connectivity index (χ4v) is 2.39. The molecule has 2 aromatic carbocycles. The molecule has 2 rings (SSSR count). The van der Waals surface area contributed by atoms with E-state index in [1.54, 1.807) is 18.2 Å². The van der Waals surface area contributed by atoms with Gasteiger partial charge in [-0.1, -0.05) is 0 Å².